The second-order valence-electron chi connectivity index (χ2n) is 6.08. The molecule has 0 heterocycles. The Morgan fingerprint density at radius 1 is 1.04 bits per heavy atom. The zero-order chi connectivity index (χ0) is 17.6. The Hall–Kier alpha value is -1.90. The van der Waals surface area contributed by atoms with Gasteiger partial charge in [-0.15, -0.1) is 11.6 Å². The second kappa shape index (κ2) is 8.46. The summed E-state index contributed by atoms with van der Waals surface area (Å²) < 4.78 is 5.73. The van der Waals surface area contributed by atoms with Crippen molar-refractivity contribution in [3.63, 3.8) is 0 Å². The molecule has 0 bridgehead atoms. The van der Waals surface area contributed by atoms with E-state index in [1.54, 1.807) is 18.2 Å². The third-order valence-corrected chi connectivity index (χ3v) is 4.72. The van der Waals surface area contributed by atoms with Gasteiger partial charge in [-0.25, -0.2) is 0 Å². The third-order valence-electron chi connectivity index (χ3n) is 4.11. The minimum absolute atomic E-state index is 0.111. The van der Waals surface area contributed by atoms with Crippen molar-refractivity contribution in [2.24, 2.45) is 0 Å². The zero-order valence-corrected chi connectivity index (χ0v) is 15.3. The van der Waals surface area contributed by atoms with Gasteiger partial charge in [0.1, 0.15) is 5.76 Å². The monoisotopic (exact) mass is 374 g/mol. The van der Waals surface area contributed by atoms with Crippen LogP contribution in [0.15, 0.2) is 71.5 Å². The lowest BCUT2D eigenvalue weighted by molar-refractivity contribution is 0.387. The number of rotatable bonds is 6. The van der Waals surface area contributed by atoms with Crippen molar-refractivity contribution in [1.29, 1.82) is 0 Å². The molecule has 0 aromatic heterocycles. The van der Waals surface area contributed by atoms with Gasteiger partial charge in [-0.2, -0.15) is 0 Å². The van der Waals surface area contributed by atoms with Crippen LogP contribution in [0.2, 0.25) is 0 Å². The van der Waals surface area contributed by atoms with Crippen LogP contribution in [-0.4, -0.2) is 10.5 Å². The standard InChI is InChI=1S/C21H20Cl2O2/c22-17-10-12-20(18(23)14-17)25-21-11-9-16(13-19(21)24)8-4-7-15-5-2-1-3-6-15/h1-3,5-6,9,11-14,17,24H,4,7-8,10H2. The fraction of sp³-hybridized carbons (Fsp3) is 0.238. The van der Waals surface area contributed by atoms with Gasteiger partial charge in [-0.3, -0.25) is 0 Å². The van der Waals surface area contributed by atoms with Gasteiger partial charge in [0.2, 0.25) is 0 Å². The van der Waals surface area contributed by atoms with Crippen molar-refractivity contribution in [3.8, 4) is 11.5 Å². The van der Waals surface area contributed by atoms with Gasteiger partial charge in [0.15, 0.2) is 11.5 Å². The molecule has 2 aromatic rings. The van der Waals surface area contributed by atoms with Gasteiger partial charge >= 0.3 is 0 Å². The summed E-state index contributed by atoms with van der Waals surface area (Å²) in [4.78, 5) is 0. The molecule has 1 N–H and O–H groups in total. The Morgan fingerprint density at radius 3 is 2.52 bits per heavy atom. The number of halogens is 2. The van der Waals surface area contributed by atoms with Crippen molar-refractivity contribution >= 4 is 23.2 Å². The van der Waals surface area contributed by atoms with Crippen LogP contribution in [0.5, 0.6) is 11.5 Å². The number of hydrogen-bond acceptors (Lipinski definition) is 2. The molecule has 0 saturated heterocycles. The van der Waals surface area contributed by atoms with Gasteiger partial charge in [0.25, 0.3) is 0 Å². The quantitative estimate of drug-likeness (QED) is 0.631. The number of aryl methyl sites for hydroxylation is 2. The largest absolute Gasteiger partial charge is 0.504 e. The molecule has 2 aromatic carbocycles. The van der Waals surface area contributed by atoms with Crippen molar-refractivity contribution in [2.75, 3.05) is 0 Å². The number of hydrogen-bond donors (Lipinski definition) is 1. The molecule has 3 rings (SSSR count). The molecule has 0 radical (unpaired) electrons. The molecule has 2 nitrogen and oxygen atoms in total. The maximum Gasteiger partial charge on any atom is 0.169 e. The molecule has 0 saturated carbocycles. The molecule has 4 heteroatoms. The van der Waals surface area contributed by atoms with Crippen LogP contribution in [0, 0.1) is 0 Å². The Labute approximate surface area is 158 Å². The van der Waals surface area contributed by atoms with Crippen LogP contribution in [0.4, 0.5) is 0 Å². The first-order chi connectivity index (χ1) is 12.1. The Balaban J connectivity index is 1.58. The van der Waals surface area contributed by atoms with E-state index in [1.165, 1.54) is 5.56 Å². The average Bonchev–Trinajstić information content (AvgIpc) is 2.60. The molecule has 1 atom stereocenters. The minimum Gasteiger partial charge on any atom is -0.504 e. The van der Waals surface area contributed by atoms with Crippen LogP contribution in [0.25, 0.3) is 0 Å². The van der Waals surface area contributed by atoms with Crippen LogP contribution >= 0.6 is 23.2 Å². The first-order valence-corrected chi connectivity index (χ1v) is 9.19. The van der Waals surface area contributed by atoms with Crippen LogP contribution in [0.1, 0.15) is 24.0 Å². The normalized spacial score (nSPS) is 17.0. The molecular formula is C21H20Cl2O2. The molecule has 0 amide bonds. The molecular weight excluding hydrogens is 355 g/mol. The summed E-state index contributed by atoms with van der Waals surface area (Å²) in [6.07, 6.45) is 7.19. The van der Waals surface area contributed by atoms with E-state index < -0.39 is 0 Å². The van der Waals surface area contributed by atoms with Crippen LogP contribution < -0.4 is 4.74 Å². The molecule has 25 heavy (non-hydrogen) atoms. The van der Waals surface area contributed by atoms with Gasteiger partial charge in [-0.05, 0) is 61.1 Å². The van der Waals surface area contributed by atoms with Crippen molar-refractivity contribution in [1.82, 2.24) is 0 Å². The summed E-state index contributed by atoms with van der Waals surface area (Å²) in [5, 5.41) is 10.6. The van der Waals surface area contributed by atoms with E-state index in [0.29, 0.717) is 23.0 Å². The van der Waals surface area contributed by atoms with Gasteiger partial charge < -0.3 is 9.84 Å². The minimum atomic E-state index is -0.111. The number of allylic oxidation sites excluding steroid dienone is 3. The lowest BCUT2D eigenvalue weighted by Gasteiger charge is -2.16. The smallest absolute Gasteiger partial charge is 0.169 e. The second-order valence-corrected chi connectivity index (χ2v) is 7.05. The predicted molar refractivity (Wildman–Crippen MR) is 103 cm³/mol. The van der Waals surface area contributed by atoms with E-state index >= 15 is 0 Å². The van der Waals surface area contributed by atoms with Crippen molar-refractivity contribution < 1.29 is 9.84 Å². The molecule has 0 aliphatic heterocycles. The zero-order valence-electron chi connectivity index (χ0n) is 13.8. The molecule has 0 spiro atoms. The molecule has 130 valence electrons. The summed E-state index contributed by atoms with van der Waals surface area (Å²) in [7, 11) is 0. The van der Waals surface area contributed by atoms with Crippen LogP contribution in [0.3, 0.4) is 0 Å². The highest BCUT2D eigenvalue weighted by molar-refractivity contribution is 6.33. The van der Waals surface area contributed by atoms with E-state index in [1.807, 2.05) is 18.2 Å². The van der Waals surface area contributed by atoms with Crippen LogP contribution in [-0.2, 0) is 12.8 Å². The number of phenolic OH excluding ortho intramolecular Hbond substituents is 1. The number of alkyl halides is 1. The summed E-state index contributed by atoms with van der Waals surface area (Å²) in [6, 6.07) is 15.9. The average molecular weight is 375 g/mol. The summed E-state index contributed by atoms with van der Waals surface area (Å²) in [5.41, 5.74) is 2.41. The fourth-order valence-corrected chi connectivity index (χ4v) is 3.33. The maximum absolute atomic E-state index is 10.2. The summed E-state index contributed by atoms with van der Waals surface area (Å²) >= 11 is 12.2. The number of phenols is 1. The molecule has 1 aliphatic rings. The van der Waals surface area contributed by atoms with E-state index in [9.17, 15) is 5.11 Å². The Bertz CT molecular complexity index is 782. The highest BCUT2D eigenvalue weighted by Gasteiger charge is 2.16. The first kappa shape index (κ1) is 17.9. The highest BCUT2D eigenvalue weighted by Crippen LogP contribution is 2.33. The maximum atomic E-state index is 10.2. The van der Waals surface area contributed by atoms with Crippen molar-refractivity contribution in [2.45, 2.75) is 31.1 Å². The lowest BCUT2D eigenvalue weighted by atomic mass is 10.0. The molecule has 1 unspecified atom stereocenters. The highest BCUT2D eigenvalue weighted by atomic mass is 35.5. The predicted octanol–water partition coefficient (Wildman–Crippen LogP) is 5.96. The number of ether oxygens (including phenoxy) is 1. The number of benzene rings is 2. The third kappa shape index (κ3) is 5.04. The van der Waals surface area contributed by atoms with E-state index in [-0.39, 0.29) is 11.1 Å². The Kier molecular flexibility index (Phi) is 6.06. The number of aromatic hydroxyl groups is 1. The molecule has 1 aliphatic carbocycles. The van der Waals surface area contributed by atoms with E-state index in [2.05, 4.69) is 24.3 Å². The SMILES string of the molecule is Oc1cc(CCCc2ccccc2)ccc1OC1=CCC(Cl)C=C1Cl. The van der Waals surface area contributed by atoms with Gasteiger partial charge in [-0.1, -0.05) is 48.0 Å². The first-order valence-electron chi connectivity index (χ1n) is 8.37. The lowest BCUT2D eigenvalue weighted by Crippen LogP contribution is -2.05. The summed E-state index contributed by atoms with van der Waals surface area (Å²) in [6.45, 7) is 0. The topological polar surface area (TPSA) is 29.5 Å². The Morgan fingerprint density at radius 2 is 1.80 bits per heavy atom. The summed E-state index contributed by atoms with van der Waals surface area (Å²) in [5.74, 6) is 1.05. The van der Waals surface area contributed by atoms with Gasteiger partial charge in [0.05, 0.1) is 10.4 Å². The molecule has 0 fully saturated rings. The van der Waals surface area contributed by atoms with Crippen molar-refractivity contribution in [3.05, 3.63) is 82.6 Å². The van der Waals surface area contributed by atoms with E-state index in [4.69, 9.17) is 27.9 Å². The fourth-order valence-electron chi connectivity index (χ4n) is 2.78. The van der Waals surface area contributed by atoms with Gasteiger partial charge in [0, 0.05) is 0 Å². The van der Waals surface area contributed by atoms with E-state index in [0.717, 1.165) is 24.8 Å².